The number of rotatable bonds is 8. The Bertz CT molecular complexity index is 1150. The zero-order valence-corrected chi connectivity index (χ0v) is 19.1. The Hall–Kier alpha value is -2.93. The van der Waals surface area contributed by atoms with Crippen LogP contribution in [-0.4, -0.2) is 53.2 Å². The number of aromatic amines is 1. The van der Waals surface area contributed by atoms with Gasteiger partial charge in [-0.15, -0.1) is 0 Å². The maximum absolute atomic E-state index is 13.5. The van der Waals surface area contributed by atoms with Crippen molar-refractivity contribution in [3.05, 3.63) is 53.5 Å². The first-order chi connectivity index (χ1) is 16.0. The van der Waals surface area contributed by atoms with Gasteiger partial charge in [0.25, 0.3) is 0 Å². The molecule has 5 rings (SSSR count). The number of ether oxygens (including phenoxy) is 2. The summed E-state index contributed by atoms with van der Waals surface area (Å²) < 4.78 is 24.9. The second-order valence-corrected chi connectivity index (χ2v) is 9.21. The fraction of sp³-hybridized carbons (Fsp3) is 0.462. The number of halogens is 1. The highest BCUT2D eigenvalue weighted by molar-refractivity contribution is 5.94. The maximum Gasteiger partial charge on any atom is 0.161 e. The molecule has 2 fully saturated rings. The third-order valence-electron chi connectivity index (χ3n) is 7.23. The summed E-state index contributed by atoms with van der Waals surface area (Å²) in [6.07, 6.45) is 5.59. The van der Waals surface area contributed by atoms with Crippen molar-refractivity contribution in [1.82, 2.24) is 15.1 Å². The molecule has 2 atom stereocenters. The highest BCUT2D eigenvalue weighted by Gasteiger charge is 2.41. The van der Waals surface area contributed by atoms with Crippen LogP contribution in [0.4, 0.5) is 4.39 Å². The molecule has 0 aliphatic carbocycles. The molecule has 2 aliphatic heterocycles. The summed E-state index contributed by atoms with van der Waals surface area (Å²) in [5.74, 6) is 1.47. The van der Waals surface area contributed by atoms with E-state index in [0.717, 1.165) is 36.9 Å². The van der Waals surface area contributed by atoms with Crippen molar-refractivity contribution in [1.29, 1.82) is 0 Å². The third kappa shape index (κ3) is 4.34. The van der Waals surface area contributed by atoms with E-state index in [1.54, 1.807) is 26.2 Å². The van der Waals surface area contributed by atoms with Gasteiger partial charge in [-0.2, -0.15) is 5.10 Å². The molecule has 1 aromatic heterocycles. The average molecular weight is 452 g/mol. The van der Waals surface area contributed by atoms with E-state index in [-0.39, 0.29) is 11.6 Å². The molecule has 2 aliphatic rings. The lowest BCUT2D eigenvalue weighted by molar-refractivity contribution is 0.101. The number of carbonyl (C=O) groups excluding carboxylic acids is 1. The van der Waals surface area contributed by atoms with E-state index in [1.807, 2.05) is 12.1 Å². The van der Waals surface area contributed by atoms with Crippen LogP contribution in [0.25, 0.3) is 10.9 Å². The Morgan fingerprint density at radius 1 is 1.15 bits per heavy atom. The van der Waals surface area contributed by atoms with Crippen molar-refractivity contribution < 1.29 is 18.7 Å². The lowest BCUT2D eigenvalue weighted by Crippen LogP contribution is -2.43. The molecule has 2 saturated heterocycles. The van der Waals surface area contributed by atoms with Crippen LogP contribution in [0, 0.1) is 5.82 Å². The maximum atomic E-state index is 13.5. The van der Waals surface area contributed by atoms with Gasteiger partial charge in [-0.1, -0.05) is 0 Å². The number of hydrogen-bond acceptors (Lipinski definition) is 5. The van der Waals surface area contributed by atoms with E-state index in [2.05, 4.69) is 15.1 Å². The van der Waals surface area contributed by atoms with Gasteiger partial charge < -0.3 is 9.47 Å². The fourth-order valence-electron chi connectivity index (χ4n) is 5.63. The Morgan fingerprint density at radius 3 is 2.67 bits per heavy atom. The van der Waals surface area contributed by atoms with Crippen LogP contribution in [0.2, 0.25) is 0 Å². The van der Waals surface area contributed by atoms with Gasteiger partial charge in [0.2, 0.25) is 0 Å². The summed E-state index contributed by atoms with van der Waals surface area (Å²) in [6.45, 7) is 3.15. The predicted molar refractivity (Wildman–Crippen MR) is 125 cm³/mol. The number of H-pyrrole nitrogens is 1. The highest BCUT2D eigenvalue weighted by Crippen LogP contribution is 2.44. The van der Waals surface area contributed by atoms with E-state index in [9.17, 15) is 9.18 Å². The van der Waals surface area contributed by atoms with E-state index < -0.39 is 0 Å². The van der Waals surface area contributed by atoms with Gasteiger partial charge in [0, 0.05) is 47.3 Å². The van der Waals surface area contributed by atoms with Crippen molar-refractivity contribution in [3.63, 3.8) is 0 Å². The van der Waals surface area contributed by atoms with Crippen LogP contribution in [0.15, 0.2) is 36.4 Å². The molecular formula is C26H30FN3O3. The number of fused-ring (bicyclic) bond motifs is 3. The minimum Gasteiger partial charge on any atom is -0.493 e. The number of benzene rings is 2. The lowest BCUT2D eigenvalue weighted by Gasteiger charge is -2.38. The molecule has 6 nitrogen and oxygen atoms in total. The van der Waals surface area contributed by atoms with Crippen molar-refractivity contribution in [2.75, 3.05) is 20.3 Å². The molecule has 0 amide bonds. The van der Waals surface area contributed by atoms with Crippen LogP contribution in [-0.2, 0) is 0 Å². The number of nitrogens with one attached hydrogen (secondary N) is 1. The quantitative estimate of drug-likeness (QED) is 0.382. The van der Waals surface area contributed by atoms with Gasteiger partial charge in [-0.3, -0.25) is 14.8 Å². The van der Waals surface area contributed by atoms with Gasteiger partial charge in [-0.25, -0.2) is 4.39 Å². The van der Waals surface area contributed by atoms with E-state index in [0.29, 0.717) is 47.2 Å². The molecule has 7 heteroatoms. The molecule has 1 N–H and O–H groups in total. The molecule has 33 heavy (non-hydrogen) atoms. The third-order valence-corrected chi connectivity index (χ3v) is 7.23. The van der Waals surface area contributed by atoms with Gasteiger partial charge in [0.05, 0.1) is 19.2 Å². The summed E-state index contributed by atoms with van der Waals surface area (Å²) in [7, 11) is 1.59. The number of hydrogen-bond donors (Lipinski definition) is 1. The van der Waals surface area contributed by atoms with Gasteiger partial charge in [-0.05, 0) is 69.4 Å². The van der Waals surface area contributed by atoms with Crippen LogP contribution >= 0.6 is 0 Å². The Labute approximate surface area is 193 Å². The second kappa shape index (κ2) is 9.14. The van der Waals surface area contributed by atoms with E-state index in [4.69, 9.17) is 9.47 Å². The number of piperidine rings is 1. The molecule has 3 aromatic rings. The molecule has 0 radical (unpaired) electrons. The fourth-order valence-corrected chi connectivity index (χ4v) is 5.63. The number of ketones is 1. The van der Waals surface area contributed by atoms with E-state index in [1.165, 1.54) is 25.0 Å². The SMILES string of the molecule is COc1cc(C(C)=O)ccc1OCCCN1C2CCC1CC(c1[nH]nc3cc(F)ccc13)C2. The minimum absolute atomic E-state index is 0.00835. The van der Waals surface area contributed by atoms with E-state index >= 15 is 0 Å². The average Bonchev–Trinajstić information content (AvgIpc) is 3.33. The molecular weight excluding hydrogens is 421 g/mol. The predicted octanol–water partition coefficient (Wildman–Crippen LogP) is 5.09. The van der Waals surface area contributed by atoms with Gasteiger partial charge in [0.15, 0.2) is 17.3 Å². The monoisotopic (exact) mass is 451 g/mol. The van der Waals surface area contributed by atoms with Crippen LogP contribution in [0.3, 0.4) is 0 Å². The van der Waals surface area contributed by atoms with Gasteiger partial charge in [0.1, 0.15) is 5.82 Å². The summed E-state index contributed by atoms with van der Waals surface area (Å²) in [5, 5.41) is 8.59. The first-order valence-corrected chi connectivity index (χ1v) is 11.7. The number of aromatic nitrogens is 2. The molecule has 3 heterocycles. The highest BCUT2D eigenvalue weighted by atomic mass is 19.1. The number of methoxy groups -OCH3 is 1. The van der Waals surface area contributed by atoms with Gasteiger partial charge >= 0.3 is 0 Å². The van der Waals surface area contributed by atoms with Crippen LogP contribution in [0.5, 0.6) is 11.5 Å². The Balaban J connectivity index is 1.17. The molecule has 0 saturated carbocycles. The zero-order valence-electron chi connectivity index (χ0n) is 19.1. The standard InChI is InChI=1S/C26H30FN3O3/c1-16(31)17-4-9-24(25(14-17)32-2)33-11-3-10-30-20-6-7-21(30)13-18(12-20)26-22-8-5-19(27)15-23(22)28-29-26/h4-5,8-9,14-15,18,20-21H,3,6-7,10-13H2,1-2H3,(H,28,29). The zero-order chi connectivity index (χ0) is 22.9. The Kier molecular flexibility index (Phi) is 6.06. The van der Waals surface area contributed by atoms with Crippen molar-refractivity contribution in [3.8, 4) is 11.5 Å². The first-order valence-electron chi connectivity index (χ1n) is 11.7. The summed E-state index contributed by atoms with van der Waals surface area (Å²) in [6, 6.07) is 11.3. The topological polar surface area (TPSA) is 67.5 Å². The Morgan fingerprint density at radius 2 is 1.94 bits per heavy atom. The van der Waals surface area contributed by atoms with Crippen molar-refractivity contribution in [2.45, 2.75) is 57.0 Å². The molecule has 2 unspecified atom stereocenters. The summed E-state index contributed by atoms with van der Waals surface area (Å²) >= 11 is 0. The molecule has 174 valence electrons. The number of Topliss-reactive ketones (excluding diaryl/α,β-unsaturated/α-hetero) is 1. The largest absolute Gasteiger partial charge is 0.493 e. The molecule has 2 aromatic carbocycles. The lowest BCUT2D eigenvalue weighted by atomic mass is 9.86. The molecule has 0 spiro atoms. The smallest absolute Gasteiger partial charge is 0.161 e. The number of carbonyl (C=O) groups is 1. The first kappa shape index (κ1) is 21.9. The van der Waals surface area contributed by atoms with Crippen LogP contribution < -0.4 is 9.47 Å². The molecule has 2 bridgehead atoms. The normalized spacial score (nSPS) is 22.6. The summed E-state index contributed by atoms with van der Waals surface area (Å²) in [4.78, 5) is 14.2. The number of nitrogens with zero attached hydrogens (tertiary/aromatic N) is 2. The van der Waals surface area contributed by atoms with Crippen LogP contribution in [0.1, 0.15) is 61.0 Å². The summed E-state index contributed by atoms with van der Waals surface area (Å²) in [5.41, 5.74) is 2.49. The van der Waals surface area contributed by atoms with Crippen molar-refractivity contribution >= 4 is 16.7 Å². The van der Waals surface area contributed by atoms with Crippen molar-refractivity contribution in [2.24, 2.45) is 0 Å². The second-order valence-electron chi connectivity index (χ2n) is 9.21. The minimum atomic E-state index is -0.245.